The molecule has 0 aliphatic heterocycles. The van der Waals surface area contributed by atoms with Crippen molar-refractivity contribution in [1.82, 2.24) is 14.5 Å². The summed E-state index contributed by atoms with van der Waals surface area (Å²) in [5.74, 6) is 0.215. The maximum absolute atomic E-state index is 10.7. The molecular weight excluding hydrogens is 412 g/mol. The van der Waals surface area contributed by atoms with E-state index < -0.39 is 11.0 Å². The lowest BCUT2D eigenvalue weighted by molar-refractivity contribution is -0.389. The lowest BCUT2D eigenvalue weighted by Crippen LogP contribution is -2.27. The Balaban J connectivity index is 2.08. The van der Waals surface area contributed by atoms with Crippen molar-refractivity contribution in [2.75, 3.05) is 6.61 Å². The van der Waals surface area contributed by atoms with Crippen LogP contribution in [0.1, 0.15) is 0 Å². The van der Waals surface area contributed by atoms with E-state index >= 15 is 0 Å². The Morgan fingerprint density at radius 3 is 2.76 bits per heavy atom. The van der Waals surface area contributed by atoms with E-state index in [1.54, 1.807) is 12.1 Å². The largest absolute Gasteiger partial charge is 0.485 e. The molecule has 1 N–H and O–H groups in total. The number of aliphatic hydroxyl groups is 1. The summed E-state index contributed by atoms with van der Waals surface area (Å²) in [4.78, 5) is 17.8. The van der Waals surface area contributed by atoms with Crippen LogP contribution >= 0.6 is 31.9 Å². The van der Waals surface area contributed by atoms with Gasteiger partial charge in [0.2, 0.25) is 0 Å². The van der Waals surface area contributed by atoms with Gasteiger partial charge in [-0.1, -0.05) is 0 Å². The average Bonchev–Trinajstić information content (AvgIpc) is 2.82. The van der Waals surface area contributed by atoms with Gasteiger partial charge < -0.3 is 20.0 Å². The summed E-state index contributed by atoms with van der Waals surface area (Å²) in [5.41, 5.74) is 0. The van der Waals surface area contributed by atoms with Crippen LogP contribution < -0.4 is 4.74 Å². The molecule has 0 amide bonds. The van der Waals surface area contributed by atoms with Gasteiger partial charge in [0.1, 0.15) is 22.7 Å². The lowest BCUT2D eigenvalue weighted by atomic mass is 10.3. The van der Waals surface area contributed by atoms with Crippen molar-refractivity contribution < 1.29 is 14.8 Å². The second kappa shape index (κ2) is 6.96. The molecule has 0 aliphatic carbocycles. The standard InChI is InChI=1S/C11H10Br2N4O4/c12-9-2-1-7(3-14-9)21-8(6-18)4-16-5-10(17(19)20)15-11(16)13/h1-3,5,8,18H,4,6H2/t8-/m0/s1. The van der Waals surface area contributed by atoms with Gasteiger partial charge in [-0.25, -0.2) is 4.98 Å². The first-order valence-corrected chi connectivity index (χ1v) is 7.34. The minimum atomic E-state index is -0.589. The van der Waals surface area contributed by atoms with Crippen molar-refractivity contribution in [3.05, 3.63) is 44.0 Å². The van der Waals surface area contributed by atoms with Gasteiger partial charge in [-0.2, -0.15) is 0 Å². The predicted molar refractivity (Wildman–Crippen MR) is 80.0 cm³/mol. The van der Waals surface area contributed by atoms with Crippen LogP contribution in [0.2, 0.25) is 0 Å². The molecule has 2 heterocycles. The van der Waals surface area contributed by atoms with Crippen molar-refractivity contribution in [1.29, 1.82) is 0 Å². The zero-order chi connectivity index (χ0) is 15.4. The number of nitrogens with zero attached hydrogens (tertiary/aromatic N) is 4. The van der Waals surface area contributed by atoms with E-state index in [4.69, 9.17) is 4.74 Å². The normalized spacial score (nSPS) is 12.1. The van der Waals surface area contributed by atoms with Crippen LogP contribution in [0.4, 0.5) is 5.82 Å². The Kier molecular flexibility index (Phi) is 5.26. The Morgan fingerprint density at radius 1 is 1.48 bits per heavy atom. The number of aliphatic hydroxyl groups excluding tert-OH is 1. The third kappa shape index (κ3) is 4.22. The number of nitro groups is 1. The molecule has 0 radical (unpaired) electrons. The number of aromatic nitrogens is 3. The molecule has 10 heteroatoms. The van der Waals surface area contributed by atoms with Gasteiger partial charge in [-0.05, 0) is 38.0 Å². The Labute approximate surface area is 136 Å². The van der Waals surface area contributed by atoms with Crippen molar-refractivity contribution in [2.24, 2.45) is 0 Å². The lowest BCUT2D eigenvalue weighted by Gasteiger charge is -2.16. The van der Waals surface area contributed by atoms with E-state index in [2.05, 4.69) is 41.8 Å². The fourth-order valence-electron chi connectivity index (χ4n) is 1.57. The SMILES string of the molecule is O=[N+]([O-])c1cn(C[C@@H](CO)Oc2ccc(Br)nc2)c(Br)n1. The van der Waals surface area contributed by atoms with Crippen LogP contribution in [0.15, 0.2) is 33.9 Å². The molecule has 0 unspecified atom stereocenters. The quantitative estimate of drug-likeness (QED) is 0.435. The second-order valence-electron chi connectivity index (χ2n) is 4.02. The molecule has 8 nitrogen and oxygen atoms in total. The average molecular weight is 422 g/mol. The van der Waals surface area contributed by atoms with Gasteiger partial charge in [-0.3, -0.25) is 4.57 Å². The number of halogens is 2. The summed E-state index contributed by atoms with van der Waals surface area (Å²) >= 11 is 6.34. The smallest absolute Gasteiger partial charge is 0.382 e. The molecule has 0 aliphatic rings. The van der Waals surface area contributed by atoms with Crippen LogP contribution in [0, 0.1) is 10.1 Å². The molecular formula is C11H10Br2N4O4. The minimum absolute atomic E-state index is 0.202. The van der Waals surface area contributed by atoms with Crippen LogP contribution in [-0.2, 0) is 6.54 Å². The van der Waals surface area contributed by atoms with Gasteiger partial charge >= 0.3 is 5.82 Å². The third-order valence-electron chi connectivity index (χ3n) is 2.51. The van der Waals surface area contributed by atoms with E-state index in [0.717, 1.165) is 0 Å². The summed E-state index contributed by atoms with van der Waals surface area (Å²) in [6.45, 7) is -0.0531. The number of rotatable bonds is 6. The Bertz CT molecular complexity index is 632. The first-order valence-electron chi connectivity index (χ1n) is 5.75. The Hall–Kier alpha value is -1.52. The summed E-state index contributed by atoms with van der Waals surface area (Å²) in [6.07, 6.45) is 2.20. The van der Waals surface area contributed by atoms with Crippen molar-refractivity contribution in [3.63, 3.8) is 0 Å². The number of hydrogen-bond donors (Lipinski definition) is 1. The highest BCUT2D eigenvalue weighted by molar-refractivity contribution is 9.10. The van der Waals surface area contributed by atoms with E-state index in [-0.39, 0.29) is 19.0 Å². The van der Waals surface area contributed by atoms with Crippen LogP contribution in [0.25, 0.3) is 0 Å². The predicted octanol–water partition coefficient (Wildman–Crippen LogP) is 2.15. The first-order chi connectivity index (χ1) is 9.99. The van der Waals surface area contributed by atoms with E-state index in [1.807, 2.05) is 0 Å². The molecule has 0 bridgehead atoms. The van der Waals surface area contributed by atoms with Crippen molar-refractivity contribution >= 4 is 37.7 Å². The zero-order valence-electron chi connectivity index (χ0n) is 10.5. The van der Waals surface area contributed by atoms with Gasteiger partial charge in [0.25, 0.3) is 4.73 Å². The van der Waals surface area contributed by atoms with Gasteiger partial charge in [0, 0.05) is 15.9 Å². The van der Waals surface area contributed by atoms with Gasteiger partial charge in [-0.15, -0.1) is 0 Å². The maximum Gasteiger partial charge on any atom is 0.382 e. The molecule has 2 aromatic heterocycles. The molecule has 0 saturated carbocycles. The fraction of sp³-hybridized carbons (Fsp3) is 0.273. The molecule has 2 rings (SSSR count). The van der Waals surface area contributed by atoms with Crippen LogP contribution in [0.5, 0.6) is 5.75 Å². The van der Waals surface area contributed by atoms with Crippen molar-refractivity contribution in [3.8, 4) is 5.75 Å². The molecule has 1 atom stereocenters. The number of ether oxygens (including phenoxy) is 1. The van der Waals surface area contributed by atoms with Gasteiger partial charge in [0.05, 0.1) is 19.3 Å². The molecule has 0 aromatic carbocycles. The molecule has 0 saturated heterocycles. The van der Waals surface area contributed by atoms with Crippen LogP contribution in [-0.4, -0.2) is 37.3 Å². The fourth-order valence-corrected chi connectivity index (χ4v) is 2.24. The highest BCUT2D eigenvalue weighted by Crippen LogP contribution is 2.19. The molecule has 112 valence electrons. The molecule has 0 spiro atoms. The highest BCUT2D eigenvalue weighted by atomic mass is 79.9. The first kappa shape index (κ1) is 15.9. The maximum atomic E-state index is 10.7. The molecule has 2 aromatic rings. The van der Waals surface area contributed by atoms with E-state index in [0.29, 0.717) is 15.1 Å². The summed E-state index contributed by atoms with van der Waals surface area (Å²) in [5, 5.41) is 20.0. The van der Waals surface area contributed by atoms with Gasteiger partial charge in [0.15, 0.2) is 0 Å². The number of hydrogen-bond acceptors (Lipinski definition) is 6. The number of pyridine rings is 1. The zero-order valence-corrected chi connectivity index (χ0v) is 13.7. The second-order valence-corrected chi connectivity index (χ2v) is 5.54. The monoisotopic (exact) mass is 420 g/mol. The molecule has 21 heavy (non-hydrogen) atoms. The molecule has 0 fully saturated rings. The summed E-state index contributed by atoms with van der Waals surface area (Å²) in [6, 6.07) is 3.41. The van der Waals surface area contributed by atoms with E-state index in [9.17, 15) is 15.2 Å². The topological polar surface area (TPSA) is 103 Å². The third-order valence-corrected chi connectivity index (χ3v) is 3.61. The summed E-state index contributed by atoms with van der Waals surface area (Å²) < 4.78 is 8.03. The van der Waals surface area contributed by atoms with Crippen molar-refractivity contribution in [2.45, 2.75) is 12.6 Å². The number of imidazole rings is 1. The summed E-state index contributed by atoms with van der Waals surface area (Å²) in [7, 11) is 0. The van der Waals surface area contributed by atoms with E-state index in [1.165, 1.54) is 17.0 Å². The minimum Gasteiger partial charge on any atom is -0.485 e. The van der Waals surface area contributed by atoms with Crippen LogP contribution in [0.3, 0.4) is 0 Å². The Morgan fingerprint density at radius 2 is 2.24 bits per heavy atom. The highest BCUT2D eigenvalue weighted by Gasteiger charge is 2.20.